The van der Waals surface area contributed by atoms with Gasteiger partial charge in [-0.1, -0.05) is 19.8 Å². The van der Waals surface area contributed by atoms with Gasteiger partial charge in [0.15, 0.2) is 0 Å². The van der Waals surface area contributed by atoms with Crippen molar-refractivity contribution in [1.29, 1.82) is 5.41 Å². The van der Waals surface area contributed by atoms with Crippen LogP contribution in [0.15, 0.2) is 18.3 Å². The predicted molar refractivity (Wildman–Crippen MR) is 60.3 cm³/mol. The van der Waals surface area contributed by atoms with Crippen molar-refractivity contribution in [1.82, 2.24) is 4.98 Å². The molecule has 1 rings (SSSR count). The van der Waals surface area contributed by atoms with E-state index in [1.807, 2.05) is 0 Å². The predicted octanol–water partition coefficient (Wildman–Crippen LogP) is 1.93. The number of rotatable bonds is 6. The second kappa shape index (κ2) is 6.01. The van der Waals surface area contributed by atoms with Crippen LogP contribution in [0.3, 0.4) is 0 Å². The number of nitrogen functional groups attached to an aromatic ring is 1. The van der Waals surface area contributed by atoms with Gasteiger partial charge in [0.05, 0.1) is 6.61 Å². The van der Waals surface area contributed by atoms with Crippen LogP contribution in [-0.4, -0.2) is 17.4 Å². The summed E-state index contributed by atoms with van der Waals surface area (Å²) >= 11 is 0. The maximum absolute atomic E-state index is 7.33. The molecule has 0 atom stereocenters. The van der Waals surface area contributed by atoms with Crippen molar-refractivity contribution in [3.05, 3.63) is 24.0 Å². The van der Waals surface area contributed by atoms with Crippen molar-refractivity contribution < 1.29 is 4.74 Å². The van der Waals surface area contributed by atoms with E-state index in [1.165, 1.54) is 0 Å². The maximum Gasteiger partial charge on any atom is 0.148 e. The summed E-state index contributed by atoms with van der Waals surface area (Å²) in [5.41, 5.74) is 5.81. The summed E-state index contributed by atoms with van der Waals surface area (Å²) in [4.78, 5) is 4.00. The first kappa shape index (κ1) is 11.5. The molecule has 0 saturated carbocycles. The van der Waals surface area contributed by atoms with Gasteiger partial charge in [-0.15, -0.1) is 0 Å². The van der Waals surface area contributed by atoms with Crippen LogP contribution >= 0.6 is 0 Å². The summed E-state index contributed by atoms with van der Waals surface area (Å²) < 4.78 is 5.52. The Hall–Kier alpha value is -1.58. The third-order valence-electron chi connectivity index (χ3n) is 2.03. The van der Waals surface area contributed by atoms with E-state index in [4.69, 9.17) is 15.9 Å². The molecule has 1 aromatic rings. The second-order valence-electron chi connectivity index (χ2n) is 3.32. The highest BCUT2D eigenvalue weighted by atomic mass is 16.5. The van der Waals surface area contributed by atoms with Gasteiger partial charge in [-0.2, -0.15) is 0 Å². The molecule has 4 heteroatoms. The van der Waals surface area contributed by atoms with E-state index in [0.29, 0.717) is 18.1 Å². The van der Waals surface area contributed by atoms with E-state index < -0.39 is 0 Å². The summed E-state index contributed by atoms with van der Waals surface area (Å²) in [6, 6.07) is 3.57. The van der Waals surface area contributed by atoms with Crippen molar-refractivity contribution in [2.75, 3.05) is 6.61 Å². The summed E-state index contributed by atoms with van der Waals surface area (Å²) in [5, 5.41) is 7.33. The molecule has 0 fully saturated rings. The van der Waals surface area contributed by atoms with Crippen molar-refractivity contribution in [3.63, 3.8) is 0 Å². The van der Waals surface area contributed by atoms with E-state index >= 15 is 0 Å². The van der Waals surface area contributed by atoms with Crippen LogP contribution in [0.2, 0.25) is 0 Å². The molecular formula is C11H17N3O. The van der Waals surface area contributed by atoms with Gasteiger partial charge in [0.2, 0.25) is 0 Å². The number of amidine groups is 1. The lowest BCUT2D eigenvalue weighted by atomic mass is 10.2. The maximum atomic E-state index is 7.33. The normalized spacial score (nSPS) is 9.93. The number of ether oxygens (including phenoxy) is 1. The zero-order chi connectivity index (χ0) is 11.1. The second-order valence-corrected chi connectivity index (χ2v) is 3.32. The molecule has 0 aliphatic heterocycles. The van der Waals surface area contributed by atoms with Crippen LogP contribution in [0.1, 0.15) is 31.9 Å². The highest BCUT2D eigenvalue weighted by Crippen LogP contribution is 2.14. The van der Waals surface area contributed by atoms with Gasteiger partial charge in [-0.3, -0.25) is 5.41 Å². The fourth-order valence-corrected chi connectivity index (χ4v) is 1.24. The first-order valence-corrected chi connectivity index (χ1v) is 5.18. The van der Waals surface area contributed by atoms with Gasteiger partial charge in [0.25, 0.3) is 0 Å². The molecule has 0 unspecified atom stereocenters. The third kappa shape index (κ3) is 3.58. The molecule has 3 N–H and O–H groups in total. The molecule has 4 nitrogen and oxygen atoms in total. The number of hydrogen-bond donors (Lipinski definition) is 2. The van der Waals surface area contributed by atoms with Gasteiger partial charge in [-0.25, -0.2) is 4.98 Å². The van der Waals surface area contributed by atoms with Crippen LogP contribution in [0.5, 0.6) is 5.75 Å². The zero-order valence-electron chi connectivity index (χ0n) is 8.99. The van der Waals surface area contributed by atoms with Crippen molar-refractivity contribution in [3.8, 4) is 5.75 Å². The first-order chi connectivity index (χ1) is 7.25. The van der Waals surface area contributed by atoms with Gasteiger partial charge in [0.1, 0.15) is 17.3 Å². The third-order valence-corrected chi connectivity index (χ3v) is 2.03. The van der Waals surface area contributed by atoms with Crippen LogP contribution in [0.25, 0.3) is 0 Å². The summed E-state index contributed by atoms with van der Waals surface area (Å²) in [6.07, 6.45) is 4.93. The zero-order valence-corrected chi connectivity index (χ0v) is 8.99. The van der Waals surface area contributed by atoms with Crippen LogP contribution in [0.4, 0.5) is 0 Å². The average Bonchev–Trinajstić information content (AvgIpc) is 2.25. The van der Waals surface area contributed by atoms with Crippen molar-refractivity contribution in [2.24, 2.45) is 5.73 Å². The minimum absolute atomic E-state index is 0.0545. The Morgan fingerprint density at radius 3 is 3.00 bits per heavy atom. The summed E-state index contributed by atoms with van der Waals surface area (Å²) in [6.45, 7) is 2.80. The fourth-order valence-electron chi connectivity index (χ4n) is 1.24. The molecule has 1 aromatic heterocycles. The monoisotopic (exact) mass is 207 g/mol. The summed E-state index contributed by atoms with van der Waals surface area (Å²) in [5.74, 6) is 0.544. The highest BCUT2D eigenvalue weighted by Gasteiger charge is 2.06. The van der Waals surface area contributed by atoms with E-state index in [-0.39, 0.29) is 5.84 Å². The van der Waals surface area contributed by atoms with E-state index in [9.17, 15) is 0 Å². The minimum atomic E-state index is -0.0545. The molecule has 15 heavy (non-hydrogen) atoms. The van der Waals surface area contributed by atoms with Gasteiger partial charge in [-0.05, 0) is 18.6 Å². The molecule has 0 aliphatic carbocycles. The van der Waals surface area contributed by atoms with E-state index in [2.05, 4.69) is 11.9 Å². The lowest BCUT2D eigenvalue weighted by Gasteiger charge is -2.08. The minimum Gasteiger partial charge on any atom is -0.491 e. The Bertz CT molecular complexity index is 325. The molecular weight excluding hydrogens is 190 g/mol. The number of pyridine rings is 1. The van der Waals surface area contributed by atoms with Crippen LogP contribution in [-0.2, 0) is 0 Å². The Morgan fingerprint density at radius 2 is 2.33 bits per heavy atom. The lowest BCUT2D eigenvalue weighted by molar-refractivity contribution is 0.304. The Labute approximate surface area is 90.0 Å². The van der Waals surface area contributed by atoms with Crippen molar-refractivity contribution >= 4 is 5.84 Å². The lowest BCUT2D eigenvalue weighted by Crippen LogP contribution is -2.15. The Balaban J connectivity index is 2.56. The molecule has 1 heterocycles. The van der Waals surface area contributed by atoms with Gasteiger partial charge in [0, 0.05) is 6.20 Å². The largest absolute Gasteiger partial charge is 0.491 e. The number of nitrogens with one attached hydrogen (secondary N) is 1. The molecule has 0 radical (unpaired) electrons. The van der Waals surface area contributed by atoms with Crippen molar-refractivity contribution in [2.45, 2.75) is 26.2 Å². The number of aromatic nitrogens is 1. The SMILES string of the molecule is CCCCCOc1cccnc1C(=N)N. The quantitative estimate of drug-likeness (QED) is 0.425. The number of nitrogens with two attached hydrogens (primary N) is 1. The van der Waals surface area contributed by atoms with E-state index in [1.54, 1.807) is 18.3 Å². The Kier molecular flexibility index (Phi) is 4.60. The van der Waals surface area contributed by atoms with Crippen LogP contribution < -0.4 is 10.5 Å². The number of nitrogens with zero attached hydrogens (tertiary/aromatic N) is 1. The molecule has 82 valence electrons. The van der Waals surface area contributed by atoms with Gasteiger partial charge >= 0.3 is 0 Å². The standard InChI is InChI=1S/C11H17N3O/c1-2-3-4-8-15-9-6-5-7-14-10(9)11(12)13/h5-7H,2-4,8H2,1H3,(H3,12,13). The van der Waals surface area contributed by atoms with Gasteiger partial charge < -0.3 is 10.5 Å². The smallest absolute Gasteiger partial charge is 0.148 e. The molecule has 0 bridgehead atoms. The number of hydrogen-bond acceptors (Lipinski definition) is 3. The average molecular weight is 207 g/mol. The Morgan fingerprint density at radius 1 is 1.53 bits per heavy atom. The molecule has 0 aliphatic rings. The molecule has 0 aromatic carbocycles. The van der Waals surface area contributed by atoms with E-state index in [0.717, 1.165) is 19.3 Å². The molecule has 0 spiro atoms. The molecule has 0 amide bonds. The topological polar surface area (TPSA) is 72.0 Å². The highest BCUT2D eigenvalue weighted by molar-refractivity contribution is 5.95. The first-order valence-electron chi connectivity index (χ1n) is 5.18. The van der Waals surface area contributed by atoms with Crippen LogP contribution in [0, 0.1) is 5.41 Å². The summed E-state index contributed by atoms with van der Waals surface area (Å²) in [7, 11) is 0. The number of unbranched alkanes of at least 4 members (excludes halogenated alkanes) is 2. The molecule has 0 saturated heterocycles. The fraction of sp³-hybridized carbons (Fsp3) is 0.455.